The number of rotatable bonds is 4. The van der Waals surface area contributed by atoms with Gasteiger partial charge < -0.3 is 5.32 Å². The average molecular weight is 249 g/mol. The van der Waals surface area contributed by atoms with Gasteiger partial charge in [0.15, 0.2) is 0 Å². The molecule has 2 heterocycles. The lowest BCUT2D eigenvalue weighted by molar-refractivity contribution is 0.579. The summed E-state index contributed by atoms with van der Waals surface area (Å²) in [6.07, 6.45) is 2.73. The number of halogens is 1. The topological polar surface area (TPSA) is 55.6 Å². The van der Waals surface area contributed by atoms with Crippen LogP contribution < -0.4 is 5.32 Å². The maximum atomic E-state index is 13.1. The van der Waals surface area contributed by atoms with E-state index in [0.717, 1.165) is 24.1 Å². The van der Waals surface area contributed by atoms with Gasteiger partial charge >= 0.3 is 0 Å². The van der Waals surface area contributed by atoms with Crippen molar-refractivity contribution in [1.29, 1.82) is 0 Å². The summed E-state index contributed by atoms with van der Waals surface area (Å²) in [5.41, 5.74) is 2.33. The molecule has 18 heavy (non-hydrogen) atoms. The van der Waals surface area contributed by atoms with Crippen molar-refractivity contribution in [3.63, 3.8) is 0 Å². The Morgan fingerprint density at radius 2 is 2.22 bits per heavy atom. The van der Waals surface area contributed by atoms with Gasteiger partial charge in [-0.25, -0.2) is 9.07 Å². The van der Waals surface area contributed by atoms with Gasteiger partial charge in [0.25, 0.3) is 0 Å². The minimum absolute atomic E-state index is 0.116. The van der Waals surface area contributed by atoms with E-state index >= 15 is 0 Å². The molecule has 2 aromatic rings. The molecule has 6 heteroatoms. The summed E-state index contributed by atoms with van der Waals surface area (Å²) in [5.74, 6) is -0.385. The lowest BCUT2D eigenvalue weighted by atomic mass is 10.2. The molecule has 96 valence electrons. The molecule has 0 saturated heterocycles. The molecular formula is C12H16FN5. The van der Waals surface area contributed by atoms with E-state index in [1.54, 1.807) is 10.9 Å². The first-order valence-electron chi connectivity index (χ1n) is 5.90. The van der Waals surface area contributed by atoms with Gasteiger partial charge in [-0.15, -0.1) is 5.10 Å². The van der Waals surface area contributed by atoms with Gasteiger partial charge in [0.2, 0.25) is 0 Å². The number of hydrogen-bond acceptors (Lipinski definition) is 4. The highest BCUT2D eigenvalue weighted by Gasteiger charge is 2.15. The minimum Gasteiger partial charge on any atom is -0.309 e. The smallest absolute Gasteiger partial charge is 0.143 e. The average Bonchev–Trinajstić information content (AvgIpc) is 2.71. The second-order valence-electron chi connectivity index (χ2n) is 4.11. The summed E-state index contributed by atoms with van der Waals surface area (Å²) in [4.78, 5) is 3.81. The Morgan fingerprint density at radius 1 is 1.44 bits per heavy atom. The molecule has 1 unspecified atom stereocenters. The van der Waals surface area contributed by atoms with Crippen LogP contribution in [0.3, 0.4) is 0 Å². The van der Waals surface area contributed by atoms with Gasteiger partial charge in [-0.05, 0) is 20.4 Å². The molecule has 0 amide bonds. The lowest BCUT2D eigenvalue weighted by Gasteiger charge is -2.10. The predicted octanol–water partition coefficient (Wildman–Crippen LogP) is 1.78. The summed E-state index contributed by atoms with van der Waals surface area (Å²) in [6, 6.07) is 1.50. The van der Waals surface area contributed by atoms with Gasteiger partial charge in [0.1, 0.15) is 11.5 Å². The summed E-state index contributed by atoms with van der Waals surface area (Å²) in [6.45, 7) is 6.82. The van der Waals surface area contributed by atoms with Crippen molar-refractivity contribution < 1.29 is 4.39 Å². The zero-order chi connectivity index (χ0) is 13.1. The SMILES string of the molecule is CCNC(C)c1nnn(-c2cncc(F)c2)c1C. The maximum absolute atomic E-state index is 13.1. The summed E-state index contributed by atoms with van der Waals surface area (Å²) >= 11 is 0. The molecule has 2 rings (SSSR count). The fraction of sp³-hybridized carbons (Fsp3) is 0.417. The first kappa shape index (κ1) is 12.6. The highest BCUT2D eigenvalue weighted by molar-refractivity contribution is 5.31. The monoisotopic (exact) mass is 249 g/mol. The number of aromatic nitrogens is 4. The second kappa shape index (κ2) is 5.22. The van der Waals surface area contributed by atoms with Crippen LogP contribution in [-0.4, -0.2) is 26.5 Å². The van der Waals surface area contributed by atoms with Crippen molar-refractivity contribution in [3.8, 4) is 5.69 Å². The molecule has 5 nitrogen and oxygen atoms in total. The minimum atomic E-state index is -0.385. The summed E-state index contributed by atoms with van der Waals surface area (Å²) in [7, 11) is 0. The maximum Gasteiger partial charge on any atom is 0.143 e. The lowest BCUT2D eigenvalue weighted by Crippen LogP contribution is -2.19. The molecule has 0 fully saturated rings. The Labute approximate surface area is 105 Å². The van der Waals surface area contributed by atoms with Gasteiger partial charge in [-0.2, -0.15) is 0 Å². The Balaban J connectivity index is 2.36. The molecule has 0 radical (unpaired) electrons. The van der Waals surface area contributed by atoms with E-state index in [0.29, 0.717) is 5.69 Å². The number of nitrogens with zero attached hydrogens (tertiary/aromatic N) is 4. The van der Waals surface area contributed by atoms with E-state index in [1.807, 2.05) is 20.8 Å². The van der Waals surface area contributed by atoms with E-state index in [-0.39, 0.29) is 11.9 Å². The third-order valence-corrected chi connectivity index (χ3v) is 2.79. The first-order chi connectivity index (χ1) is 8.63. The van der Waals surface area contributed by atoms with Gasteiger partial charge in [-0.1, -0.05) is 12.1 Å². The van der Waals surface area contributed by atoms with Crippen LogP contribution in [0.25, 0.3) is 5.69 Å². The molecule has 0 saturated carbocycles. The molecule has 0 aliphatic rings. The van der Waals surface area contributed by atoms with E-state index in [9.17, 15) is 4.39 Å². The van der Waals surface area contributed by atoms with Crippen LogP contribution >= 0.6 is 0 Å². The van der Waals surface area contributed by atoms with E-state index < -0.39 is 0 Å². The fourth-order valence-corrected chi connectivity index (χ4v) is 1.91. The van der Waals surface area contributed by atoms with Crippen LogP contribution in [0.15, 0.2) is 18.5 Å². The molecular weight excluding hydrogens is 233 g/mol. The van der Waals surface area contributed by atoms with Crippen LogP contribution in [0.2, 0.25) is 0 Å². The number of hydrogen-bond donors (Lipinski definition) is 1. The first-order valence-corrected chi connectivity index (χ1v) is 5.90. The van der Waals surface area contributed by atoms with Crippen LogP contribution in [-0.2, 0) is 0 Å². The van der Waals surface area contributed by atoms with E-state index in [2.05, 4.69) is 20.6 Å². The van der Waals surface area contributed by atoms with Crippen molar-refractivity contribution in [2.75, 3.05) is 6.54 Å². The molecule has 1 N–H and O–H groups in total. The highest BCUT2D eigenvalue weighted by atomic mass is 19.1. The molecule has 2 aromatic heterocycles. The predicted molar refractivity (Wildman–Crippen MR) is 65.9 cm³/mol. The molecule has 0 bridgehead atoms. The van der Waals surface area contributed by atoms with Crippen LogP contribution in [0.1, 0.15) is 31.3 Å². The third-order valence-electron chi connectivity index (χ3n) is 2.79. The fourth-order valence-electron chi connectivity index (χ4n) is 1.91. The third kappa shape index (κ3) is 2.38. The summed E-state index contributed by atoms with van der Waals surface area (Å²) < 4.78 is 14.7. The quantitative estimate of drug-likeness (QED) is 0.897. The van der Waals surface area contributed by atoms with Crippen LogP contribution in [0, 0.1) is 12.7 Å². The van der Waals surface area contributed by atoms with Gasteiger partial charge in [-0.3, -0.25) is 4.98 Å². The molecule has 1 atom stereocenters. The van der Waals surface area contributed by atoms with Crippen molar-refractivity contribution in [2.24, 2.45) is 0 Å². The largest absolute Gasteiger partial charge is 0.309 e. The second-order valence-corrected chi connectivity index (χ2v) is 4.11. The van der Waals surface area contributed by atoms with Crippen LogP contribution in [0.5, 0.6) is 0 Å². The van der Waals surface area contributed by atoms with E-state index in [1.165, 1.54) is 6.07 Å². The Hall–Kier alpha value is -1.82. The van der Waals surface area contributed by atoms with Gasteiger partial charge in [0.05, 0.1) is 29.8 Å². The zero-order valence-electron chi connectivity index (χ0n) is 10.7. The van der Waals surface area contributed by atoms with E-state index in [4.69, 9.17) is 0 Å². The Bertz CT molecular complexity index is 537. The highest BCUT2D eigenvalue weighted by Crippen LogP contribution is 2.17. The molecule has 0 spiro atoms. The standard InChI is InChI=1S/C12H16FN5/c1-4-15-8(2)12-9(3)18(17-16-12)11-5-10(13)6-14-7-11/h5-8,15H,4H2,1-3H3. The molecule has 0 aliphatic carbocycles. The Morgan fingerprint density at radius 3 is 2.89 bits per heavy atom. The van der Waals surface area contributed by atoms with Crippen molar-refractivity contribution in [3.05, 3.63) is 35.7 Å². The Kier molecular flexibility index (Phi) is 3.66. The molecule has 0 aromatic carbocycles. The number of pyridine rings is 1. The van der Waals surface area contributed by atoms with Gasteiger partial charge in [0, 0.05) is 6.07 Å². The van der Waals surface area contributed by atoms with Crippen molar-refractivity contribution in [2.45, 2.75) is 26.8 Å². The van der Waals surface area contributed by atoms with Crippen molar-refractivity contribution in [1.82, 2.24) is 25.3 Å². The summed E-state index contributed by atoms with van der Waals surface area (Å²) in [5, 5.41) is 11.5. The number of nitrogens with one attached hydrogen (secondary N) is 1. The van der Waals surface area contributed by atoms with Crippen LogP contribution in [0.4, 0.5) is 4.39 Å². The molecule has 0 aliphatic heterocycles. The zero-order valence-corrected chi connectivity index (χ0v) is 10.7. The van der Waals surface area contributed by atoms with Crippen molar-refractivity contribution >= 4 is 0 Å². The normalized spacial score (nSPS) is 12.7.